The lowest BCUT2D eigenvalue weighted by Gasteiger charge is -2.10. The molecule has 0 atom stereocenters. The highest BCUT2D eigenvalue weighted by Gasteiger charge is 2.14. The van der Waals surface area contributed by atoms with Crippen molar-refractivity contribution in [3.8, 4) is 11.7 Å². The summed E-state index contributed by atoms with van der Waals surface area (Å²) in [6.45, 7) is 6.52. The molecule has 0 fully saturated rings. The molecule has 0 N–H and O–H groups in total. The third-order valence-corrected chi connectivity index (χ3v) is 3.49. The fourth-order valence-electron chi connectivity index (χ4n) is 2.52. The Morgan fingerprint density at radius 1 is 1.19 bits per heavy atom. The van der Waals surface area contributed by atoms with Crippen molar-refractivity contribution in [2.75, 3.05) is 0 Å². The van der Waals surface area contributed by atoms with Crippen LogP contribution in [0.5, 0.6) is 0 Å². The minimum atomic E-state index is -0.485. The van der Waals surface area contributed by atoms with Crippen molar-refractivity contribution in [1.82, 2.24) is 9.78 Å². The third kappa shape index (κ3) is 2.54. The lowest BCUT2D eigenvalue weighted by Crippen LogP contribution is -2.17. The Hall–Kier alpha value is -2.56. The molecule has 3 aromatic rings. The zero-order chi connectivity index (χ0) is 15.0. The van der Waals surface area contributed by atoms with Crippen LogP contribution in [0.2, 0.25) is 0 Å². The molecule has 0 aliphatic carbocycles. The fraction of sp³-hybridized carbons (Fsp3) is 0.250. The van der Waals surface area contributed by atoms with E-state index in [0.717, 1.165) is 16.7 Å². The highest BCUT2D eigenvalue weighted by Crippen LogP contribution is 2.19. The molecule has 0 unspecified atom stereocenters. The average molecular weight is 284 g/mol. The fourth-order valence-corrected chi connectivity index (χ4v) is 2.52. The summed E-state index contributed by atoms with van der Waals surface area (Å²) < 4.78 is 11.7. The standard InChI is InChI=1S/C16H16N2O3/c1-10-7-11(2)13(12(3)8-10)9-18-16(19)21-15(17-18)14-5-4-6-20-14/h4-8H,9H2,1-3H3. The zero-order valence-electron chi connectivity index (χ0n) is 12.2. The second-order valence-electron chi connectivity index (χ2n) is 5.19. The van der Waals surface area contributed by atoms with E-state index in [2.05, 4.69) is 24.2 Å². The number of nitrogens with zero attached hydrogens (tertiary/aromatic N) is 2. The van der Waals surface area contributed by atoms with Crippen LogP contribution in [0.1, 0.15) is 22.3 Å². The monoisotopic (exact) mass is 284 g/mol. The largest absolute Gasteiger partial charge is 0.459 e. The van der Waals surface area contributed by atoms with Crippen molar-refractivity contribution in [3.05, 3.63) is 63.3 Å². The number of benzene rings is 1. The van der Waals surface area contributed by atoms with Crippen molar-refractivity contribution < 1.29 is 8.83 Å². The minimum absolute atomic E-state index is 0.201. The molecule has 0 bridgehead atoms. The number of hydrogen-bond acceptors (Lipinski definition) is 4. The molecule has 0 aliphatic heterocycles. The number of rotatable bonds is 3. The smallest absolute Gasteiger partial charge is 0.437 e. The lowest BCUT2D eigenvalue weighted by atomic mass is 10.00. The van der Waals surface area contributed by atoms with Crippen LogP contribution >= 0.6 is 0 Å². The number of aromatic nitrogens is 2. The molecule has 2 aromatic heterocycles. The molecule has 21 heavy (non-hydrogen) atoms. The number of hydrogen-bond donors (Lipinski definition) is 0. The number of aryl methyl sites for hydroxylation is 3. The first-order chi connectivity index (χ1) is 10.0. The van der Waals surface area contributed by atoms with E-state index in [1.54, 1.807) is 12.1 Å². The van der Waals surface area contributed by atoms with E-state index in [-0.39, 0.29) is 5.89 Å². The summed E-state index contributed by atoms with van der Waals surface area (Å²) in [5, 5.41) is 4.20. The van der Waals surface area contributed by atoms with Crippen molar-refractivity contribution in [3.63, 3.8) is 0 Å². The predicted molar refractivity (Wildman–Crippen MR) is 78.2 cm³/mol. The van der Waals surface area contributed by atoms with Gasteiger partial charge in [0.1, 0.15) is 0 Å². The summed E-state index contributed by atoms with van der Waals surface area (Å²) in [5.74, 6) is 0.163. The van der Waals surface area contributed by atoms with E-state index in [1.807, 2.05) is 13.8 Å². The lowest BCUT2D eigenvalue weighted by molar-refractivity contribution is 0.476. The minimum Gasteiger partial charge on any atom is -0.459 e. The summed E-state index contributed by atoms with van der Waals surface area (Å²) in [6.07, 6.45) is 1.52. The summed E-state index contributed by atoms with van der Waals surface area (Å²) in [7, 11) is 0. The Balaban J connectivity index is 1.98. The van der Waals surface area contributed by atoms with E-state index >= 15 is 0 Å². The van der Waals surface area contributed by atoms with Crippen LogP contribution < -0.4 is 5.76 Å². The quantitative estimate of drug-likeness (QED) is 0.741. The maximum absolute atomic E-state index is 11.9. The summed E-state index contributed by atoms with van der Waals surface area (Å²) in [6, 6.07) is 7.63. The molecule has 5 nitrogen and oxygen atoms in total. The van der Waals surface area contributed by atoms with Gasteiger partial charge in [-0.1, -0.05) is 17.7 Å². The summed E-state index contributed by atoms with van der Waals surface area (Å²) >= 11 is 0. The SMILES string of the molecule is Cc1cc(C)c(Cn2nc(-c3ccco3)oc2=O)c(C)c1. The van der Waals surface area contributed by atoms with E-state index in [0.29, 0.717) is 12.3 Å². The second kappa shape index (κ2) is 5.09. The van der Waals surface area contributed by atoms with Gasteiger partial charge >= 0.3 is 5.76 Å². The van der Waals surface area contributed by atoms with Gasteiger partial charge in [0, 0.05) is 0 Å². The molecule has 3 rings (SSSR count). The van der Waals surface area contributed by atoms with Gasteiger partial charge in [0.2, 0.25) is 0 Å². The van der Waals surface area contributed by atoms with Crippen LogP contribution in [0.3, 0.4) is 0 Å². The first-order valence-electron chi connectivity index (χ1n) is 6.73. The molecule has 0 radical (unpaired) electrons. The van der Waals surface area contributed by atoms with Crippen molar-refractivity contribution in [2.24, 2.45) is 0 Å². The Morgan fingerprint density at radius 3 is 2.52 bits per heavy atom. The molecule has 0 saturated carbocycles. The highest BCUT2D eigenvalue weighted by molar-refractivity contribution is 5.42. The summed E-state index contributed by atoms with van der Waals surface area (Å²) in [5.41, 5.74) is 4.57. The topological polar surface area (TPSA) is 61.2 Å². The van der Waals surface area contributed by atoms with Crippen molar-refractivity contribution in [2.45, 2.75) is 27.3 Å². The zero-order valence-corrected chi connectivity index (χ0v) is 12.2. The van der Waals surface area contributed by atoms with Gasteiger partial charge in [-0.05, 0) is 49.6 Å². The van der Waals surface area contributed by atoms with Gasteiger partial charge in [-0.25, -0.2) is 4.79 Å². The molecular formula is C16H16N2O3. The van der Waals surface area contributed by atoms with Gasteiger partial charge in [0.15, 0.2) is 5.76 Å². The van der Waals surface area contributed by atoms with Gasteiger partial charge < -0.3 is 8.83 Å². The average Bonchev–Trinajstić information content (AvgIpc) is 3.03. The van der Waals surface area contributed by atoms with Crippen LogP contribution in [0.15, 0.2) is 44.2 Å². The van der Waals surface area contributed by atoms with Gasteiger partial charge in [-0.3, -0.25) is 0 Å². The molecule has 0 saturated heterocycles. The van der Waals surface area contributed by atoms with Gasteiger partial charge in [-0.2, -0.15) is 4.68 Å². The predicted octanol–water partition coefficient (Wildman–Crippen LogP) is 3.07. The molecule has 5 heteroatoms. The molecule has 2 heterocycles. The van der Waals surface area contributed by atoms with E-state index in [4.69, 9.17) is 8.83 Å². The highest BCUT2D eigenvalue weighted by atomic mass is 16.4. The normalized spacial score (nSPS) is 11.0. The number of furan rings is 1. The van der Waals surface area contributed by atoms with Crippen LogP contribution in [0.25, 0.3) is 11.7 Å². The van der Waals surface area contributed by atoms with Gasteiger partial charge in [-0.15, -0.1) is 5.10 Å². The Labute approximate surface area is 121 Å². The van der Waals surface area contributed by atoms with E-state index in [9.17, 15) is 4.79 Å². The molecule has 1 aromatic carbocycles. The van der Waals surface area contributed by atoms with Gasteiger partial charge in [0.05, 0.1) is 12.8 Å². The molecular weight excluding hydrogens is 268 g/mol. The first-order valence-corrected chi connectivity index (χ1v) is 6.73. The third-order valence-electron chi connectivity index (χ3n) is 3.49. The van der Waals surface area contributed by atoms with Crippen LogP contribution in [0.4, 0.5) is 0 Å². The molecule has 0 amide bonds. The first kappa shape index (κ1) is 13.4. The Morgan fingerprint density at radius 2 is 1.90 bits per heavy atom. The van der Waals surface area contributed by atoms with Crippen LogP contribution in [-0.4, -0.2) is 9.78 Å². The second-order valence-corrected chi connectivity index (χ2v) is 5.19. The van der Waals surface area contributed by atoms with Crippen LogP contribution in [-0.2, 0) is 6.54 Å². The maximum atomic E-state index is 11.9. The van der Waals surface area contributed by atoms with E-state index < -0.39 is 5.76 Å². The molecule has 108 valence electrons. The maximum Gasteiger partial charge on any atom is 0.437 e. The molecule has 0 aliphatic rings. The van der Waals surface area contributed by atoms with Gasteiger partial charge in [0.25, 0.3) is 5.89 Å². The Bertz CT molecular complexity index is 803. The van der Waals surface area contributed by atoms with Crippen molar-refractivity contribution in [1.29, 1.82) is 0 Å². The van der Waals surface area contributed by atoms with Crippen LogP contribution in [0, 0.1) is 20.8 Å². The molecule has 0 spiro atoms. The van der Waals surface area contributed by atoms with Crippen molar-refractivity contribution >= 4 is 0 Å². The van der Waals surface area contributed by atoms with E-state index in [1.165, 1.54) is 16.5 Å². The Kier molecular flexibility index (Phi) is 3.25. The summed E-state index contributed by atoms with van der Waals surface area (Å²) in [4.78, 5) is 11.9.